The molecular formula is C17H14N2O. The van der Waals surface area contributed by atoms with Crippen LogP contribution in [0.1, 0.15) is 11.5 Å². The Morgan fingerprint density at radius 2 is 1.65 bits per heavy atom. The Morgan fingerprint density at radius 1 is 0.950 bits per heavy atom. The minimum Gasteiger partial charge on any atom is -0.435 e. The summed E-state index contributed by atoms with van der Waals surface area (Å²) in [6, 6.07) is 20.0. The molecule has 3 nitrogen and oxygen atoms in total. The maximum Gasteiger partial charge on any atom is 0.237 e. The van der Waals surface area contributed by atoms with E-state index in [4.69, 9.17) is 4.42 Å². The zero-order chi connectivity index (χ0) is 13.6. The molecule has 0 N–H and O–H groups in total. The van der Waals surface area contributed by atoms with Gasteiger partial charge in [-0.2, -0.15) is 0 Å². The number of hydrogen-bond donors (Lipinski definition) is 0. The van der Waals surface area contributed by atoms with Crippen molar-refractivity contribution in [1.29, 1.82) is 0 Å². The zero-order valence-corrected chi connectivity index (χ0v) is 10.9. The lowest BCUT2D eigenvalue weighted by Crippen LogP contribution is -1.83. The van der Waals surface area contributed by atoms with Crippen molar-refractivity contribution in [2.24, 2.45) is 4.99 Å². The fourth-order valence-electron chi connectivity index (χ4n) is 1.90. The molecule has 3 aromatic rings. The van der Waals surface area contributed by atoms with Gasteiger partial charge in [-0.05, 0) is 5.56 Å². The summed E-state index contributed by atoms with van der Waals surface area (Å²) in [5.41, 5.74) is 2.18. The first kappa shape index (κ1) is 12.4. The zero-order valence-electron chi connectivity index (χ0n) is 10.9. The highest BCUT2D eigenvalue weighted by Gasteiger charge is 2.03. The van der Waals surface area contributed by atoms with Crippen LogP contribution >= 0.6 is 0 Å². The predicted molar refractivity (Wildman–Crippen MR) is 79.7 cm³/mol. The molecule has 0 aliphatic carbocycles. The van der Waals surface area contributed by atoms with Crippen molar-refractivity contribution in [1.82, 2.24) is 4.98 Å². The van der Waals surface area contributed by atoms with Crippen LogP contribution in [-0.2, 0) is 6.54 Å². The smallest absolute Gasteiger partial charge is 0.237 e. The van der Waals surface area contributed by atoms with Gasteiger partial charge in [0, 0.05) is 5.56 Å². The Balaban J connectivity index is 1.69. The van der Waals surface area contributed by atoms with Crippen molar-refractivity contribution < 1.29 is 4.42 Å². The van der Waals surface area contributed by atoms with Gasteiger partial charge in [-0.15, -0.1) is 0 Å². The van der Waals surface area contributed by atoms with Crippen LogP contribution in [0.15, 0.2) is 76.3 Å². The highest BCUT2D eigenvalue weighted by molar-refractivity contribution is 5.74. The lowest BCUT2D eigenvalue weighted by Gasteiger charge is -1.94. The molecule has 3 rings (SSSR count). The fraction of sp³-hybridized carbons (Fsp3) is 0.0588. The molecule has 0 saturated heterocycles. The molecule has 0 unspecified atom stereocenters. The van der Waals surface area contributed by atoms with Crippen molar-refractivity contribution in [2.45, 2.75) is 6.54 Å². The van der Waals surface area contributed by atoms with Gasteiger partial charge in [-0.3, -0.25) is 4.99 Å². The molecule has 0 spiro atoms. The Bertz CT molecular complexity index is 687. The molecule has 98 valence electrons. The summed E-state index contributed by atoms with van der Waals surface area (Å²) in [4.78, 5) is 8.55. The normalized spacial score (nSPS) is 11.0. The molecule has 0 radical (unpaired) electrons. The molecule has 3 heteroatoms. The second kappa shape index (κ2) is 5.97. The molecule has 0 amide bonds. The maximum absolute atomic E-state index is 5.65. The first-order valence-corrected chi connectivity index (χ1v) is 6.47. The van der Waals surface area contributed by atoms with E-state index in [1.54, 1.807) is 12.4 Å². The van der Waals surface area contributed by atoms with Crippen LogP contribution in [0.2, 0.25) is 0 Å². The lowest BCUT2D eigenvalue weighted by molar-refractivity contribution is 0.563. The van der Waals surface area contributed by atoms with E-state index in [9.17, 15) is 0 Å². The van der Waals surface area contributed by atoms with Gasteiger partial charge in [0.2, 0.25) is 5.89 Å². The predicted octanol–water partition coefficient (Wildman–Crippen LogP) is 3.96. The Labute approximate surface area is 117 Å². The van der Waals surface area contributed by atoms with Gasteiger partial charge in [0.25, 0.3) is 0 Å². The van der Waals surface area contributed by atoms with Gasteiger partial charge in [-0.1, -0.05) is 60.7 Å². The summed E-state index contributed by atoms with van der Waals surface area (Å²) in [5.74, 6) is 1.28. The van der Waals surface area contributed by atoms with Crippen molar-refractivity contribution in [3.05, 3.63) is 78.3 Å². The third kappa shape index (κ3) is 3.01. The van der Waals surface area contributed by atoms with E-state index >= 15 is 0 Å². The molecule has 0 saturated carbocycles. The lowest BCUT2D eigenvalue weighted by atomic mass is 10.2. The molecule has 0 fully saturated rings. The van der Waals surface area contributed by atoms with E-state index < -0.39 is 0 Å². The van der Waals surface area contributed by atoms with Crippen LogP contribution in [0.3, 0.4) is 0 Å². The van der Waals surface area contributed by atoms with E-state index in [2.05, 4.69) is 9.98 Å². The van der Waals surface area contributed by atoms with Gasteiger partial charge in [0.15, 0.2) is 5.76 Å². The second-order valence-electron chi connectivity index (χ2n) is 4.38. The first-order valence-electron chi connectivity index (χ1n) is 6.47. The van der Waals surface area contributed by atoms with Gasteiger partial charge in [0.05, 0.1) is 19.0 Å². The van der Waals surface area contributed by atoms with Gasteiger partial charge >= 0.3 is 0 Å². The van der Waals surface area contributed by atoms with Crippen LogP contribution in [0, 0.1) is 0 Å². The monoisotopic (exact) mass is 262 g/mol. The molecule has 0 bridgehead atoms. The van der Waals surface area contributed by atoms with Crippen LogP contribution < -0.4 is 0 Å². The van der Waals surface area contributed by atoms with Crippen LogP contribution in [0.5, 0.6) is 0 Å². The SMILES string of the molecule is C(=NCc1ccccc1)c1ncc(-c2ccccc2)o1. The van der Waals surface area contributed by atoms with E-state index in [-0.39, 0.29) is 0 Å². The van der Waals surface area contributed by atoms with Gasteiger partial charge in [0.1, 0.15) is 0 Å². The summed E-state index contributed by atoms with van der Waals surface area (Å²) in [7, 11) is 0. The topological polar surface area (TPSA) is 38.4 Å². The minimum atomic E-state index is 0.528. The Morgan fingerprint density at radius 3 is 2.40 bits per heavy atom. The summed E-state index contributed by atoms with van der Waals surface area (Å²) in [6.07, 6.45) is 3.39. The largest absolute Gasteiger partial charge is 0.435 e. The number of rotatable bonds is 4. The summed E-state index contributed by atoms with van der Waals surface area (Å²) in [5, 5.41) is 0. The molecule has 20 heavy (non-hydrogen) atoms. The van der Waals surface area contributed by atoms with Crippen LogP contribution in [0.25, 0.3) is 11.3 Å². The highest BCUT2D eigenvalue weighted by atomic mass is 16.4. The average Bonchev–Trinajstić information content (AvgIpc) is 2.98. The summed E-state index contributed by atoms with van der Waals surface area (Å²) >= 11 is 0. The molecule has 1 aromatic heterocycles. The van der Waals surface area contributed by atoms with Gasteiger partial charge in [-0.25, -0.2) is 4.98 Å². The maximum atomic E-state index is 5.65. The second-order valence-corrected chi connectivity index (χ2v) is 4.38. The number of hydrogen-bond acceptors (Lipinski definition) is 3. The fourth-order valence-corrected chi connectivity index (χ4v) is 1.90. The minimum absolute atomic E-state index is 0.528. The Kier molecular flexibility index (Phi) is 3.69. The average molecular weight is 262 g/mol. The third-order valence-electron chi connectivity index (χ3n) is 2.90. The quantitative estimate of drug-likeness (QED) is 0.667. The van der Waals surface area contributed by atoms with Crippen molar-refractivity contribution >= 4 is 6.21 Å². The van der Waals surface area contributed by atoms with E-state index in [0.717, 1.165) is 11.3 Å². The van der Waals surface area contributed by atoms with E-state index in [1.165, 1.54) is 5.56 Å². The molecule has 0 aliphatic heterocycles. The molecule has 1 heterocycles. The van der Waals surface area contributed by atoms with E-state index in [0.29, 0.717) is 12.4 Å². The highest BCUT2D eigenvalue weighted by Crippen LogP contribution is 2.18. The molecule has 2 aromatic carbocycles. The third-order valence-corrected chi connectivity index (χ3v) is 2.90. The molecular weight excluding hydrogens is 248 g/mol. The van der Waals surface area contributed by atoms with Crippen molar-refractivity contribution in [3.8, 4) is 11.3 Å². The number of oxazole rings is 1. The number of benzene rings is 2. The molecule has 0 atom stereocenters. The molecule has 0 aliphatic rings. The van der Waals surface area contributed by atoms with Crippen LogP contribution in [0.4, 0.5) is 0 Å². The number of aliphatic imine (C=N–C) groups is 1. The Hall–Kier alpha value is -2.68. The van der Waals surface area contributed by atoms with Crippen molar-refractivity contribution in [2.75, 3.05) is 0 Å². The van der Waals surface area contributed by atoms with E-state index in [1.807, 2.05) is 60.7 Å². The van der Waals surface area contributed by atoms with Crippen LogP contribution in [-0.4, -0.2) is 11.2 Å². The van der Waals surface area contributed by atoms with Crippen molar-refractivity contribution in [3.63, 3.8) is 0 Å². The summed E-state index contributed by atoms with van der Waals surface area (Å²) < 4.78 is 5.65. The summed E-state index contributed by atoms with van der Waals surface area (Å²) in [6.45, 7) is 0.629. The number of aromatic nitrogens is 1. The first-order chi connectivity index (χ1) is 9.92. The number of nitrogens with zero attached hydrogens (tertiary/aromatic N) is 2. The standard InChI is InChI=1S/C17H14N2O/c1-3-7-14(8-4-1)11-18-13-17-19-12-16(20-17)15-9-5-2-6-10-15/h1-10,12-13H,11H2. The van der Waals surface area contributed by atoms with Gasteiger partial charge < -0.3 is 4.42 Å².